The predicted molar refractivity (Wildman–Crippen MR) is 161 cm³/mol. The van der Waals surface area contributed by atoms with Crippen LogP contribution in [0.4, 0.5) is 10.1 Å². The van der Waals surface area contributed by atoms with Crippen molar-refractivity contribution in [3.05, 3.63) is 146 Å². The van der Waals surface area contributed by atoms with E-state index in [-0.39, 0.29) is 16.5 Å². The molecule has 0 fully saturated rings. The minimum absolute atomic E-state index is 0.0670. The molecule has 1 heterocycles. The minimum atomic E-state index is -0.655. The Kier molecular flexibility index (Phi) is 9.16. The Morgan fingerprint density at radius 2 is 1.64 bits per heavy atom. The van der Waals surface area contributed by atoms with Crippen LogP contribution < -0.4 is 5.32 Å². The van der Waals surface area contributed by atoms with E-state index in [1.807, 2.05) is 30.3 Å². The van der Waals surface area contributed by atoms with E-state index in [0.29, 0.717) is 39.4 Å². The highest BCUT2D eigenvalue weighted by Gasteiger charge is 2.26. The SMILES string of the molecule is O=C(N[C@@H](Cc1ccccc1)c1nnc(SCc2ccc(F)cc2)n1-c1ccc([N+](=O)[O-])cc1)c1ccc(Cl)c(Cl)c1. The van der Waals surface area contributed by atoms with Crippen LogP contribution in [0.3, 0.4) is 0 Å². The number of amides is 1. The molecule has 5 aromatic rings. The summed E-state index contributed by atoms with van der Waals surface area (Å²) < 4.78 is 15.2. The molecule has 42 heavy (non-hydrogen) atoms. The van der Waals surface area contributed by atoms with E-state index >= 15 is 0 Å². The molecule has 0 aliphatic heterocycles. The summed E-state index contributed by atoms with van der Waals surface area (Å²) in [7, 11) is 0. The zero-order chi connectivity index (χ0) is 29.6. The van der Waals surface area contributed by atoms with Gasteiger partial charge in [0, 0.05) is 29.1 Å². The van der Waals surface area contributed by atoms with E-state index in [1.165, 1.54) is 42.1 Å². The third-order valence-corrected chi connectivity index (χ3v) is 8.08. The largest absolute Gasteiger partial charge is 0.342 e. The van der Waals surface area contributed by atoms with Crippen molar-refractivity contribution in [2.75, 3.05) is 0 Å². The van der Waals surface area contributed by atoms with Gasteiger partial charge in [0.15, 0.2) is 11.0 Å². The summed E-state index contributed by atoms with van der Waals surface area (Å²) in [6.07, 6.45) is 0.377. The van der Waals surface area contributed by atoms with Gasteiger partial charge in [-0.1, -0.05) is 77.4 Å². The van der Waals surface area contributed by atoms with Gasteiger partial charge in [-0.15, -0.1) is 10.2 Å². The van der Waals surface area contributed by atoms with Crippen LogP contribution in [0, 0.1) is 15.9 Å². The third kappa shape index (κ3) is 6.96. The fourth-order valence-corrected chi connectivity index (χ4v) is 5.44. The number of thioether (sulfide) groups is 1. The molecule has 0 radical (unpaired) electrons. The Hall–Kier alpha value is -4.25. The molecule has 1 N–H and O–H groups in total. The van der Waals surface area contributed by atoms with E-state index in [1.54, 1.807) is 41.0 Å². The topological polar surface area (TPSA) is 103 Å². The van der Waals surface area contributed by atoms with Gasteiger partial charge in [0.25, 0.3) is 11.6 Å². The van der Waals surface area contributed by atoms with Crippen LogP contribution in [0.15, 0.2) is 102 Å². The summed E-state index contributed by atoms with van der Waals surface area (Å²) in [5.74, 6) is 0.155. The van der Waals surface area contributed by atoms with E-state index in [0.717, 1.165) is 11.1 Å². The molecule has 5 rings (SSSR count). The predicted octanol–water partition coefficient (Wildman–Crippen LogP) is 7.63. The second kappa shape index (κ2) is 13.2. The first kappa shape index (κ1) is 29.2. The molecular weight excluding hydrogens is 600 g/mol. The van der Waals surface area contributed by atoms with Crippen molar-refractivity contribution in [2.45, 2.75) is 23.4 Å². The number of carbonyl (C=O) groups excluding carboxylic acids is 1. The number of carbonyl (C=O) groups is 1. The van der Waals surface area contributed by atoms with Crippen LogP contribution in [0.5, 0.6) is 0 Å². The fourth-order valence-electron chi connectivity index (χ4n) is 4.23. The maximum atomic E-state index is 13.4. The van der Waals surface area contributed by atoms with Gasteiger partial charge in [-0.05, 0) is 60.0 Å². The van der Waals surface area contributed by atoms with Gasteiger partial charge in [0.1, 0.15) is 5.82 Å². The molecule has 12 heteroatoms. The molecule has 1 aromatic heterocycles. The van der Waals surface area contributed by atoms with Gasteiger partial charge >= 0.3 is 0 Å². The van der Waals surface area contributed by atoms with E-state index in [2.05, 4.69) is 15.5 Å². The lowest BCUT2D eigenvalue weighted by atomic mass is 10.0. The van der Waals surface area contributed by atoms with Crippen molar-refractivity contribution < 1.29 is 14.1 Å². The molecule has 4 aromatic carbocycles. The van der Waals surface area contributed by atoms with E-state index in [4.69, 9.17) is 23.2 Å². The second-order valence-electron chi connectivity index (χ2n) is 9.21. The molecule has 212 valence electrons. The van der Waals surface area contributed by atoms with Gasteiger partial charge in [-0.2, -0.15) is 0 Å². The lowest BCUT2D eigenvalue weighted by molar-refractivity contribution is -0.384. The van der Waals surface area contributed by atoms with Crippen molar-refractivity contribution in [1.82, 2.24) is 20.1 Å². The molecule has 1 amide bonds. The van der Waals surface area contributed by atoms with Crippen LogP contribution in [0.2, 0.25) is 10.0 Å². The monoisotopic (exact) mass is 621 g/mol. The normalized spacial score (nSPS) is 11.7. The lowest BCUT2D eigenvalue weighted by Gasteiger charge is -2.20. The van der Waals surface area contributed by atoms with Crippen molar-refractivity contribution >= 4 is 46.6 Å². The molecule has 0 unspecified atom stereocenters. The number of benzene rings is 4. The molecule has 0 aliphatic rings. The molecule has 0 saturated carbocycles. The lowest BCUT2D eigenvalue weighted by Crippen LogP contribution is -2.32. The van der Waals surface area contributed by atoms with Crippen molar-refractivity contribution in [3.8, 4) is 5.69 Å². The fraction of sp³-hybridized carbons (Fsp3) is 0.100. The summed E-state index contributed by atoms with van der Waals surface area (Å²) in [6.45, 7) is 0. The summed E-state index contributed by atoms with van der Waals surface area (Å²) in [6, 6.07) is 25.7. The number of rotatable bonds is 10. The van der Waals surface area contributed by atoms with Gasteiger partial charge in [-0.25, -0.2) is 4.39 Å². The Balaban J connectivity index is 1.55. The molecule has 0 saturated heterocycles. The number of non-ortho nitro benzene ring substituents is 1. The smallest absolute Gasteiger partial charge is 0.269 e. The van der Waals surface area contributed by atoms with Gasteiger partial charge in [0.05, 0.1) is 21.0 Å². The number of aromatic nitrogens is 3. The first-order valence-corrected chi connectivity index (χ1v) is 14.4. The highest BCUT2D eigenvalue weighted by atomic mass is 35.5. The van der Waals surface area contributed by atoms with E-state index < -0.39 is 16.9 Å². The van der Waals surface area contributed by atoms with Crippen LogP contribution in [-0.2, 0) is 12.2 Å². The van der Waals surface area contributed by atoms with Crippen LogP contribution in [-0.4, -0.2) is 25.6 Å². The zero-order valence-electron chi connectivity index (χ0n) is 21.8. The van der Waals surface area contributed by atoms with Gasteiger partial charge in [0.2, 0.25) is 0 Å². The van der Waals surface area contributed by atoms with Crippen molar-refractivity contribution in [3.63, 3.8) is 0 Å². The molecule has 0 aliphatic carbocycles. The summed E-state index contributed by atoms with van der Waals surface area (Å²) in [5.41, 5.74) is 2.63. The summed E-state index contributed by atoms with van der Waals surface area (Å²) in [4.78, 5) is 24.2. The summed E-state index contributed by atoms with van der Waals surface area (Å²) >= 11 is 13.6. The average molecular weight is 623 g/mol. The van der Waals surface area contributed by atoms with Gasteiger partial charge < -0.3 is 5.32 Å². The Labute approximate surface area is 254 Å². The van der Waals surface area contributed by atoms with Crippen LogP contribution >= 0.6 is 35.0 Å². The Morgan fingerprint density at radius 1 is 0.929 bits per heavy atom. The zero-order valence-corrected chi connectivity index (χ0v) is 24.1. The number of nitro groups is 1. The molecular formula is C30H22Cl2FN5O3S. The average Bonchev–Trinajstić information content (AvgIpc) is 3.42. The van der Waals surface area contributed by atoms with Crippen molar-refractivity contribution in [1.29, 1.82) is 0 Å². The van der Waals surface area contributed by atoms with Crippen LogP contribution in [0.1, 0.15) is 33.4 Å². The summed E-state index contributed by atoms with van der Waals surface area (Å²) in [5, 5.41) is 24.3. The third-order valence-electron chi connectivity index (χ3n) is 6.34. The van der Waals surface area contributed by atoms with Crippen LogP contribution in [0.25, 0.3) is 5.69 Å². The standard InChI is InChI=1S/C30H22Cl2FN5O3S/c31-25-15-8-21(17-26(25)32)29(39)34-27(16-19-4-2-1-3-5-19)28-35-36-30(42-18-20-6-9-22(33)10-7-20)37(28)23-11-13-24(14-12-23)38(40)41/h1-15,17,27H,16,18H2,(H,34,39)/t27-/m0/s1. The Morgan fingerprint density at radius 3 is 2.31 bits per heavy atom. The second-order valence-corrected chi connectivity index (χ2v) is 11.0. The molecule has 0 bridgehead atoms. The highest BCUT2D eigenvalue weighted by Crippen LogP contribution is 2.30. The minimum Gasteiger partial charge on any atom is -0.342 e. The first-order chi connectivity index (χ1) is 20.3. The van der Waals surface area contributed by atoms with E-state index in [9.17, 15) is 19.3 Å². The Bertz CT molecular complexity index is 1720. The van der Waals surface area contributed by atoms with Gasteiger partial charge in [-0.3, -0.25) is 19.5 Å². The number of nitrogens with zero attached hydrogens (tertiary/aromatic N) is 4. The molecule has 1 atom stereocenters. The number of halogens is 3. The quantitative estimate of drug-likeness (QED) is 0.0977. The number of nitrogens with one attached hydrogen (secondary N) is 1. The maximum Gasteiger partial charge on any atom is 0.269 e. The number of hydrogen-bond donors (Lipinski definition) is 1. The number of hydrogen-bond acceptors (Lipinski definition) is 6. The number of nitro benzene ring substituents is 1. The maximum absolute atomic E-state index is 13.4. The molecule has 8 nitrogen and oxygen atoms in total. The van der Waals surface area contributed by atoms with Crippen molar-refractivity contribution in [2.24, 2.45) is 0 Å². The first-order valence-electron chi connectivity index (χ1n) is 12.7. The molecule has 0 spiro atoms. The highest BCUT2D eigenvalue weighted by molar-refractivity contribution is 7.98.